The molecule has 0 aromatic heterocycles. The number of thioether (sulfide) groups is 2. The van der Waals surface area contributed by atoms with E-state index in [0.29, 0.717) is 24.2 Å². The van der Waals surface area contributed by atoms with Crippen molar-refractivity contribution in [3.8, 4) is 0 Å². The second-order valence-electron chi connectivity index (χ2n) is 10.6. The molecule has 0 heterocycles. The van der Waals surface area contributed by atoms with E-state index >= 15 is 0 Å². The highest BCUT2D eigenvalue weighted by atomic mass is 32.2. The molecule has 4 nitrogen and oxygen atoms in total. The van der Waals surface area contributed by atoms with Gasteiger partial charge in [-0.2, -0.15) is 0 Å². The number of hydrogen-bond acceptors (Lipinski definition) is 6. The predicted octanol–water partition coefficient (Wildman–Crippen LogP) is 4.79. The third-order valence-corrected chi connectivity index (χ3v) is 11.6. The van der Waals surface area contributed by atoms with Gasteiger partial charge in [-0.05, 0) is 68.3 Å². The number of ketones is 1. The molecular weight excluding hydrogens is 416 g/mol. The van der Waals surface area contributed by atoms with Gasteiger partial charge >= 0.3 is 0 Å². The Morgan fingerprint density at radius 1 is 1.00 bits per heavy atom. The molecule has 0 spiro atoms. The van der Waals surface area contributed by atoms with Gasteiger partial charge < -0.3 is 5.11 Å². The predicted molar refractivity (Wildman–Crippen MR) is 122 cm³/mol. The lowest BCUT2D eigenvalue weighted by Gasteiger charge is -2.62. The molecule has 0 aromatic carbocycles. The number of aliphatic hydroxyl groups is 1. The van der Waals surface area contributed by atoms with Gasteiger partial charge in [-0.1, -0.05) is 42.9 Å². The van der Waals surface area contributed by atoms with E-state index in [4.69, 9.17) is 0 Å². The molecule has 0 saturated heterocycles. The second kappa shape index (κ2) is 7.48. The molecule has 6 heteroatoms. The van der Waals surface area contributed by atoms with Crippen molar-refractivity contribution in [2.45, 2.75) is 89.2 Å². The summed E-state index contributed by atoms with van der Waals surface area (Å²) in [5.74, 6) is 1.11. The average Bonchev–Trinajstić information content (AvgIpc) is 2.86. The van der Waals surface area contributed by atoms with Gasteiger partial charge in [0.25, 0.3) is 0 Å². The van der Waals surface area contributed by atoms with Gasteiger partial charge in [0.2, 0.25) is 0 Å². The molecule has 3 fully saturated rings. The lowest BCUT2D eigenvalue weighted by atomic mass is 9.46. The molecule has 3 saturated carbocycles. The van der Waals surface area contributed by atoms with Crippen molar-refractivity contribution >= 4 is 39.5 Å². The second-order valence-corrected chi connectivity index (χ2v) is 13.4. The molecule has 0 amide bonds. The van der Waals surface area contributed by atoms with Crippen molar-refractivity contribution in [2.75, 3.05) is 0 Å². The van der Waals surface area contributed by atoms with Crippen molar-refractivity contribution in [3.05, 3.63) is 11.6 Å². The van der Waals surface area contributed by atoms with E-state index in [1.54, 1.807) is 13.8 Å². The maximum absolute atomic E-state index is 12.6. The molecule has 4 rings (SSSR count). The average molecular weight is 451 g/mol. The zero-order valence-corrected chi connectivity index (χ0v) is 20.3. The first kappa shape index (κ1) is 22.6. The summed E-state index contributed by atoms with van der Waals surface area (Å²) in [6, 6.07) is 0. The van der Waals surface area contributed by atoms with Crippen LogP contribution < -0.4 is 0 Å². The quantitative estimate of drug-likeness (QED) is 0.652. The van der Waals surface area contributed by atoms with E-state index in [1.807, 2.05) is 13.0 Å². The molecule has 4 aliphatic carbocycles. The smallest absolute Gasteiger partial charge is 0.186 e. The molecule has 0 aromatic rings. The third kappa shape index (κ3) is 3.27. The topological polar surface area (TPSA) is 71.4 Å². The largest absolute Gasteiger partial charge is 0.390 e. The Kier molecular flexibility index (Phi) is 5.64. The molecule has 0 radical (unpaired) electrons. The van der Waals surface area contributed by atoms with Crippen molar-refractivity contribution in [2.24, 2.45) is 28.6 Å². The molecule has 8 atom stereocenters. The summed E-state index contributed by atoms with van der Waals surface area (Å²) >= 11 is 2.77. The lowest BCUT2D eigenvalue weighted by molar-refractivity contribution is -0.122. The van der Waals surface area contributed by atoms with Crippen LogP contribution in [0.25, 0.3) is 0 Å². The number of allylic oxidation sites excluding steroid dienone is 1. The Hall–Kier alpha value is -0.590. The summed E-state index contributed by atoms with van der Waals surface area (Å²) in [5.41, 5.74) is 0.111. The minimum absolute atomic E-state index is 0.0375. The zero-order valence-electron chi connectivity index (χ0n) is 18.7. The fourth-order valence-corrected chi connectivity index (χ4v) is 9.92. The molecule has 0 aliphatic heterocycles. The first-order valence-electron chi connectivity index (χ1n) is 11.2. The minimum atomic E-state index is -0.679. The molecule has 166 valence electrons. The number of fused-ring (bicyclic) bond motifs is 5. The normalized spacial score (nSPS) is 47.7. The van der Waals surface area contributed by atoms with E-state index in [9.17, 15) is 19.5 Å². The molecule has 4 aliphatic rings. The summed E-state index contributed by atoms with van der Waals surface area (Å²) in [7, 11) is 0. The van der Waals surface area contributed by atoms with Gasteiger partial charge in [0, 0.05) is 36.2 Å². The highest BCUT2D eigenvalue weighted by Crippen LogP contribution is 2.69. The van der Waals surface area contributed by atoms with E-state index in [1.165, 1.54) is 23.5 Å². The fourth-order valence-electron chi connectivity index (χ4n) is 7.47. The Bertz CT molecular complexity index is 818. The molecule has 0 bridgehead atoms. The van der Waals surface area contributed by atoms with Crippen LogP contribution in [0.15, 0.2) is 11.6 Å². The number of carbonyl (C=O) groups excluding carboxylic acids is 3. The maximum Gasteiger partial charge on any atom is 0.186 e. The molecular formula is C24H34O4S2. The lowest BCUT2D eigenvalue weighted by Crippen LogP contribution is -2.59. The Labute approximate surface area is 188 Å². The van der Waals surface area contributed by atoms with Crippen LogP contribution in [0.3, 0.4) is 0 Å². The van der Waals surface area contributed by atoms with Crippen LogP contribution in [0.1, 0.15) is 73.1 Å². The monoisotopic (exact) mass is 450 g/mol. The SMILES string of the molecule is CC(=O)SC1CC2=CC(=O)CC(SC(C)=O)C2(C)C2CCC3(C)C(CCC3(C)O)C12. The van der Waals surface area contributed by atoms with Gasteiger partial charge in [-0.15, -0.1) is 0 Å². The Morgan fingerprint density at radius 2 is 1.63 bits per heavy atom. The Morgan fingerprint density at radius 3 is 2.27 bits per heavy atom. The summed E-state index contributed by atoms with van der Waals surface area (Å²) < 4.78 is 0. The summed E-state index contributed by atoms with van der Waals surface area (Å²) in [4.78, 5) is 36.8. The van der Waals surface area contributed by atoms with Crippen molar-refractivity contribution in [3.63, 3.8) is 0 Å². The highest BCUT2D eigenvalue weighted by Gasteiger charge is 2.66. The molecule has 30 heavy (non-hydrogen) atoms. The summed E-state index contributed by atoms with van der Waals surface area (Å²) in [6.07, 6.45) is 6.70. The summed E-state index contributed by atoms with van der Waals surface area (Å²) in [6.45, 7) is 9.74. The molecule has 8 unspecified atom stereocenters. The van der Waals surface area contributed by atoms with Crippen LogP contribution in [0.2, 0.25) is 0 Å². The Balaban J connectivity index is 1.81. The molecule has 1 N–H and O–H groups in total. The van der Waals surface area contributed by atoms with Gasteiger partial charge in [-0.25, -0.2) is 0 Å². The third-order valence-electron chi connectivity index (χ3n) is 9.22. The highest BCUT2D eigenvalue weighted by molar-refractivity contribution is 8.14. The standard InChI is InChI=1S/C24H34O4S2/c1-13(25)29-19-11-15-10-16(27)12-20(30-14(2)26)24(15,5)18-6-8-22(3)17(21(18)19)7-9-23(22,4)28/h10,17-21,28H,6-9,11-12H2,1-5H3. The van der Waals surface area contributed by atoms with E-state index < -0.39 is 5.60 Å². The number of carbonyl (C=O) groups is 3. The number of hydrogen-bond donors (Lipinski definition) is 1. The van der Waals surface area contributed by atoms with E-state index in [2.05, 4.69) is 13.8 Å². The van der Waals surface area contributed by atoms with Crippen molar-refractivity contribution < 1.29 is 19.5 Å². The minimum Gasteiger partial charge on any atom is -0.390 e. The van der Waals surface area contributed by atoms with Gasteiger partial charge in [-0.3, -0.25) is 14.4 Å². The van der Waals surface area contributed by atoms with Gasteiger partial charge in [0.15, 0.2) is 16.0 Å². The zero-order chi connectivity index (χ0) is 22.1. The fraction of sp³-hybridized carbons (Fsp3) is 0.792. The number of rotatable bonds is 2. The van der Waals surface area contributed by atoms with Crippen molar-refractivity contribution in [1.82, 2.24) is 0 Å². The van der Waals surface area contributed by atoms with Gasteiger partial charge in [0.05, 0.1) is 5.60 Å². The van der Waals surface area contributed by atoms with E-state index in [-0.39, 0.29) is 37.3 Å². The van der Waals surface area contributed by atoms with Crippen LogP contribution in [0.5, 0.6) is 0 Å². The van der Waals surface area contributed by atoms with Crippen molar-refractivity contribution in [1.29, 1.82) is 0 Å². The first-order valence-corrected chi connectivity index (χ1v) is 13.0. The van der Waals surface area contributed by atoms with Crippen LogP contribution in [-0.4, -0.2) is 37.2 Å². The summed E-state index contributed by atoms with van der Waals surface area (Å²) in [5, 5.41) is 11.5. The van der Waals surface area contributed by atoms with Crippen LogP contribution >= 0.6 is 23.5 Å². The van der Waals surface area contributed by atoms with E-state index in [0.717, 1.165) is 37.7 Å². The first-order chi connectivity index (χ1) is 13.9. The maximum atomic E-state index is 12.6. The van der Waals surface area contributed by atoms with Crippen LogP contribution in [0.4, 0.5) is 0 Å². The van der Waals surface area contributed by atoms with Crippen LogP contribution in [-0.2, 0) is 14.4 Å². The van der Waals surface area contributed by atoms with Gasteiger partial charge in [0.1, 0.15) is 0 Å². The van der Waals surface area contributed by atoms with Crippen LogP contribution in [0, 0.1) is 28.6 Å².